The number of hydrogen-bond donors (Lipinski definition) is 0. The van der Waals surface area contributed by atoms with Crippen LogP contribution in [0.3, 0.4) is 0 Å². The first-order chi connectivity index (χ1) is 13.2. The highest BCUT2D eigenvalue weighted by Crippen LogP contribution is 2.34. The number of aromatic nitrogens is 4. The van der Waals surface area contributed by atoms with Crippen molar-refractivity contribution in [3.63, 3.8) is 0 Å². The van der Waals surface area contributed by atoms with Gasteiger partial charge in [-0.1, -0.05) is 24.3 Å². The maximum absolute atomic E-state index is 4.96. The predicted octanol–water partition coefficient (Wildman–Crippen LogP) is 5.23. The molecule has 0 N–H and O–H groups in total. The van der Waals surface area contributed by atoms with Crippen LogP contribution in [0.25, 0.3) is 39.2 Å². The van der Waals surface area contributed by atoms with Crippen LogP contribution in [-0.2, 0) is 0 Å². The van der Waals surface area contributed by atoms with Crippen molar-refractivity contribution < 1.29 is 0 Å². The SMILES string of the molecule is Cc1cccc(-c2nc3c(C)cccn3c2-c2ccc3ncccc3c2)n1. The van der Waals surface area contributed by atoms with E-state index in [-0.39, 0.29) is 0 Å². The summed E-state index contributed by atoms with van der Waals surface area (Å²) in [7, 11) is 0. The number of benzene rings is 1. The molecule has 1 aromatic carbocycles. The summed E-state index contributed by atoms with van der Waals surface area (Å²) in [6.45, 7) is 4.09. The van der Waals surface area contributed by atoms with E-state index < -0.39 is 0 Å². The molecule has 0 atom stereocenters. The molecule has 5 aromatic rings. The van der Waals surface area contributed by atoms with Crippen molar-refractivity contribution in [2.45, 2.75) is 13.8 Å². The van der Waals surface area contributed by atoms with Gasteiger partial charge in [0.25, 0.3) is 0 Å². The van der Waals surface area contributed by atoms with Crippen molar-refractivity contribution in [1.82, 2.24) is 19.4 Å². The third kappa shape index (κ3) is 2.57. The molecular weight excluding hydrogens is 332 g/mol. The molecule has 4 nitrogen and oxygen atoms in total. The largest absolute Gasteiger partial charge is 0.299 e. The molecule has 0 saturated carbocycles. The fraction of sp³-hybridized carbons (Fsp3) is 0.0870. The summed E-state index contributed by atoms with van der Waals surface area (Å²) >= 11 is 0. The molecule has 5 rings (SSSR count). The van der Waals surface area contributed by atoms with Crippen molar-refractivity contribution in [3.05, 3.63) is 84.3 Å². The van der Waals surface area contributed by atoms with Crippen LogP contribution < -0.4 is 0 Å². The maximum Gasteiger partial charge on any atom is 0.140 e. The number of rotatable bonds is 2. The molecule has 130 valence electrons. The van der Waals surface area contributed by atoms with Gasteiger partial charge in [-0.25, -0.2) is 4.98 Å². The van der Waals surface area contributed by atoms with E-state index in [1.807, 2.05) is 37.4 Å². The van der Waals surface area contributed by atoms with Crippen LogP contribution in [0.15, 0.2) is 73.1 Å². The van der Waals surface area contributed by atoms with Gasteiger partial charge in [-0.3, -0.25) is 14.4 Å². The van der Waals surface area contributed by atoms with Gasteiger partial charge >= 0.3 is 0 Å². The van der Waals surface area contributed by atoms with Crippen LogP contribution in [0.1, 0.15) is 11.3 Å². The van der Waals surface area contributed by atoms with Crippen molar-refractivity contribution in [2.24, 2.45) is 0 Å². The minimum Gasteiger partial charge on any atom is -0.299 e. The Bertz CT molecular complexity index is 1300. The van der Waals surface area contributed by atoms with Gasteiger partial charge in [-0.05, 0) is 55.8 Å². The first-order valence-electron chi connectivity index (χ1n) is 8.97. The second kappa shape index (κ2) is 6.02. The van der Waals surface area contributed by atoms with Gasteiger partial charge in [0, 0.05) is 29.0 Å². The molecule has 0 saturated heterocycles. The Morgan fingerprint density at radius 1 is 0.852 bits per heavy atom. The molecule has 4 heterocycles. The molecule has 4 heteroatoms. The van der Waals surface area contributed by atoms with Crippen LogP contribution in [0, 0.1) is 13.8 Å². The fourth-order valence-electron chi connectivity index (χ4n) is 3.56. The van der Waals surface area contributed by atoms with Crippen LogP contribution in [0.2, 0.25) is 0 Å². The van der Waals surface area contributed by atoms with Gasteiger partial charge in [-0.2, -0.15) is 0 Å². The summed E-state index contributed by atoms with van der Waals surface area (Å²) in [5.41, 5.74) is 8.01. The van der Waals surface area contributed by atoms with E-state index in [2.05, 4.69) is 58.9 Å². The van der Waals surface area contributed by atoms with Crippen molar-refractivity contribution >= 4 is 16.6 Å². The lowest BCUT2D eigenvalue weighted by Crippen LogP contribution is -1.92. The molecule has 0 bridgehead atoms. The van der Waals surface area contributed by atoms with Crippen LogP contribution in [-0.4, -0.2) is 19.4 Å². The van der Waals surface area contributed by atoms with Crippen LogP contribution in [0.5, 0.6) is 0 Å². The van der Waals surface area contributed by atoms with Crippen LogP contribution in [0.4, 0.5) is 0 Å². The van der Waals surface area contributed by atoms with E-state index in [0.29, 0.717) is 0 Å². The lowest BCUT2D eigenvalue weighted by molar-refractivity contribution is 1.17. The number of pyridine rings is 3. The molecule has 27 heavy (non-hydrogen) atoms. The quantitative estimate of drug-likeness (QED) is 0.438. The first-order valence-corrected chi connectivity index (χ1v) is 8.97. The molecule has 0 fully saturated rings. The second-order valence-corrected chi connectivity index (χ2v) is 6.77. The number of nitrogens with zero attached hydrogens (tertiary/aromatic N) is 4. The lowest BCUT2D eigenvalue weighted by Gasteiger charge is -2.07. The molecule has 0 aliphatic rings. The Kier molecular flexibility index (Phi) is 3.50. The summed E-state index contributed by atoms with van der Waals surface area (Å²) in [6, 6.07) is 20.6. The van der Waals surface area contributed by atoms with Gasteiger partial charge in [0.2, 0.25) is 0 Å². The van der Waals surface area contributed by atoms with E-state index >= 15 is 0 Å². The Morgan fingerprint density at radius 3 is 2.67 bits per heavy atom. The smallest absolute Gasteiger partial charge is 0.140 e. The van der Waals surface area contributed by atoms with E-state index in [9.17, 15) is 0 Å². The zero-order valence-corrected chi connectivity index (χ0v) is 15.2. The second-order valence-electron chi connectivity index (χ2n) is 6.77. The molecule has 0 spiro atoms. The first kappa shape index (κ1) is 15.7. The zero-order chi connectivity index (χ0) is 18.4. The number of fused-ring (bicyclic) bond motifs is 2. The molecule has 4 aromatic heterocycles. The van der Waals surface area contributed by atoms with E-state index in [0.717, 1.165) is 50.5 Å². The third-order valence-corrected chi connectivity index (χ3v) is 4.85. The molecule has 0 unspecified atom stereocenters. The summed E-state index contributed by atoms with van der Waals surface area (Å²) < 4.78 is 2.16. The Labute approximate surface area is 157 Å². The standard InChI is InChI=1S/C23H18N4/c1-15-6-5-13-27-22(18-10-11-19-17(14-18)8-4-12-24-19)21(26-23(15)27)20-9-3-7-16(2)25-20/h3-14H,1-2H3. The molecule has 0 aliphatic heterocycles. The highest BCUT2D eigenvalue weighted by molar-refractivity contribution is 5.88. The van der Waals surface area contributed by atoms with E-state index in [4.69, 9.17) is 9.97 Å². The Hall–Kier alpha value is -3.53. The number of aryl methyl sites for hydroxylation is 2. The van der Waals surface area contributed by atoms with Gasteiger partial charge in [-0.15, -0.1) is 0 Å². The summed E-state index contributed by atoms with van der Waals surface area (Å²) in [5.74, 6) is 0. The van der Waals surface area contributed by atoms with Gasteiger partial charge in [0.1, 0.15) is 11.3 Å². The van der Waals surface area contributed by atoms with Gasteiger partial charge in [0.15, 0.2) is 0 Å². The Balaban J connectivity index is 1.86. The van der Waals surface area contributed by atoms with Crippen LogP contribution >= 0.6 is 0 Å². The monoisotopic (exact) mass is 350 g/mol. The summed E-state index contributed by atoms with van der Waals surface area (Å²) in [6.07, 6.45) is 3.89. The molecule has 0 radical (unpaired) electrons. The van der Waals surface area contributed by atoms with E-state index in [1.54, 1.807) is 0 Å². The molecule has 0 aliphatic carbocycles. The topological polar surface area (TPSA) is 43.1 Å². The average Bonchev–Trinajstić information content (AvgIpc) is 3.09. The minimum absolute atomic E-state index is 0.888. The van der Waals surface area contributed by atoms with Gasteiger partial charge < -0.3 is 0 Å². The maximum atomic E-state index is 4.96. The highest BCUT2D eigenvalue weighted by Gasteiger charge is 2.18. The number of hydrogen-bond acceptors (Lipinski definition) is 3. The normalized spacial score (nSPS) is 11.3. The number of imidazole rings is 1. The lowest BCUT2D eigenvalue weighted by atomic mass is 10.0. The minimum atomic E-state index is 0.888. The molecule has 0 amide bonds. The van der Waals surface area contributed by atoms with Crippen molar-refractivity contribution in [3.8, 4) is 22.6 Å². The Morgan fingerprint density at radius 2 is 1.78 bits per heavy atom. The summed E-state index contributed by atoms with van der Waals surface area (Å²) in [5, 5.41) is 1.11. The third-order valence-electron chi connectivity index (χ3n) is 4.85. The molecular formula is C23H18N4. The highest BCUT2D eigenvalue weighted by atomic mass is 15.0. The summed E-state index contributed by atoms with van der Waals surface area (Å²) in [4.78, 5) is 14.1. The van der Waals surface area contributed by atoms with Crippen molar-refractivity contribution in [1.29, 1.82) is 0 Å². The van der Waals surface area contributed by atoms with E-state index in [1.165, 1.54) is 0 Å². The predicted molar refractivity (Wildman–Crippen MR) is 109 cm³/mol. The zero-order valence-electron chi connectivity index (χ0n) is 15.2. The fourth-order valence-corrected chi connectivity index (χ4v) is 3.56. The van der Waals surface area contributed by atoms with Gasteiger partial charge in [0.05, 0.1) is 16.9 Å². The van der Waals surface area contributed by atoms with Crippen molar-refractivity contribution in [2.75, 3.05) is 0 Å². The average molecular weight is 350 g/mol.